The molecule has 0 radical (unpaired) electrons. The van der Waals surface area contributed by atoms with Gasteiger partial charge in [-0.3, -0.25) is 4.90 Å². The van der Waals surface area contributed by atoms with Crippen molar-refractivity contribution < 1.29 is 0 Å². The molecule has 0 amide bonds. The summed E-state index contributed by atoms with van der Waals surface area (Å²) in [5.41, 5.74) is 3.98. The van der Waals surface area contributed by atoms with Crippen LogP contribution < -0.4 is 0 Å². The molecule has 2 aromatic carbocycles. The molecule has 2 aromatic rings. The van der Waals surface area contributed by atoms with E-state index in [1.54, 1.807) is 0 Å². The SMILES string of the molecule is C/C=C\C=C/C(C)C(c1ccc(C)cc1)N(C)CC.CC.CCN(C)C/C=C/c1ccccc1. The summed E-state index contributed by atoms with van der Waals surface area (Å²) < 4.78 is 0. The maximum absolute atomic E-state index is 2.41. The first-order valence-corrected chi connectivity index (χ1v) is 12.9. The van der Waals surface area contributed by atoms with E-state index in [2.05, 4.69) is 137 Å². The fourth-order valence-electron chi connectivity index (χ4n) is 3.44. The Hall–Kier alpha value is -2.42. The van der Waals surface area contributed by atoms with Crippen LogP contribution in [0, 0.1) is 12.8 Å². The van der Waals surface area contributed by atoms with E-state index in [0.717, 1.165) is 19.6 Å². The van der Waals surface area contributed by atoms with E-state index in [1.165, 1.54) is 16.7 Å². The average molecular weight is 463 g/mol. The Kier molecular flexibility index (Phi) is 18.6. The molecule has 0 aliphatic rings. The van der Waals surface area contributed by atoms with Gasteiger partial charge >= 0.3 is 0 Å². The molecule has 2 unspecified atom stereocenters. The lowest BCUT2D eigenvalue weighted by Crippen LogP contribution is -2.28. The van der Waals surface area contributed by atoms with Crippen LogP contribution in [0.1, 0.15) is 64.3 Å². The molecule has 0 aliphatic carbocycles. The molecule has 34 heavy (non-hydrogen) atoms. The monoisotopic (exact) mass is 462 g/mol. The van der Waals surface area contributed by atoms with Gasteiger partial charge in [-0.05, 0) is 58.1 Å². The van der Waals surface area contributed by atoms with Crippen LogP contribution in [0.5, 0.6) is 0 Å². The van der Waals surface area contributed by atoms with Gasteiger partial charge in [-0.2, -0.15) is 0 Å². The number of benzene rings is 2. The molecule has 0 heterocycles. The van der Waals surface area contributed by atoms with Gasteiger partial charge in [0.25, 0.3) is 0 Å². The smallest absolute Gasteiger partial charge is 0.0405 e. The third kappa shape index (κ3) is 13.3. The predicted octanol–water partition coefficient (Wildman–Crippen LogP) is 8.43. The van der Waals surface area contributed by atoms with Crippen LogP contribution in [0.4, 0.5) is 0 Å². The van der Waals surface area contributed by atoms with Gasteiger partial charge in [0.1, 0.15) is 0 Å². The normalized spacial score (nSPS) is 13.1. The van der Waals surface area contributed by atoms with Gasteiger partial charge in [-0.25, -0.2) is 0 Å². The van der Waals surface area contributed by atoms with Crippen molar-refractivity contribution in [1.29, 1.82) is 0 Å². The lowest BCUT2D eigenvalue weighted by Gasteiger charge is -2.31. The first-order chi connectivity index (χ1) is 16.4. The van der Waals surface area contributed by atoms with E-state index in [1.807, 2.05) is 26.8 Å². The molecule has 2 nitrogen and oxygen atoms in total. The molecule has 2 atom stereocenters. The molecular weight excluding hydrogens is 412 g/mol. The second kappa shape index (κ2) is 20.0. The van der Waals surface area contributed by atoms with Gasteiger partial charge in [-0.1, -0.05) is 131 Å². The largest absolute Gasteiger partial charge is 0.303 e. The van der Waals surface area contributed by atoms with Crippen LogP contribution in [-0.2, 0) is 0 Å². The van der Waals surface area contributed by atoms with E-state index in [-0.39, 0.29) is 0 Å². The number of rotatable bonds is 10. The van der Waals surface area contributed by atoms with Gasteiger partial charge in [-0.15, -0.1) is 0 Å². The number of aryl methyl sites for hydroxylation is 1. The Morgan fingerprint density at radius 3 is 2.00 bits per heavy atom. The highest BCUT2D eigenvalue weighted by Gasteiger charge is 2.20. The second-order valence-corrected chi connectivity index (χ2v) is 8.37. The van der Waals surface area contributed by atoms with Crippen molar-refractivity contribution in [2.75, 3.05) is 33.7 Å². The molecule has 188 valence electrons. The summed E-state index contributed by atoms with van der Waals surface area (Å²) in [4.78, 5) is 4.68. The van der Waals surface area contributed by atoms with Gasteiger partial charge in [0, 0.05) is 12.6 Å². The Bertz CT molecular complexity index is 803. The standard InChI is InChI=1S/C18H27N.C12H17N.C2H6/c1-6-8-9-10-16(4)18(19(5)7-2)17-13-11-15(3)12-14-17;1-3-13(2)11-7-10-12-8-5-4-6-9-12;1-2/h6,8-14,16,18H,7H2,1-5H3;4-10H,3,11H2,1-2H3;1-2H3/b8-6-,10-9-;10-7+;. The summed E-state index contributed by atoms with van der Waals surface area (Å²) in [6.07, 6.45) is 12.9. The van der Waals surface area contributed by atoms with Crippen LogP contribution in [0.15, 0.2) is 85.0 Å². The molecule has 0 N–H and O–H groups in total. The van der Waals surface area contributed by atoms with Crippen LogP contribution in [0.25, 0.3) is 6.08 Å². The van der Waals surface area contributed by atoms with Crippen molar-refractivity contribution in [2.45, 2.75) is 54.5 Å². The lowest BCUT2D eigenvalue weighted by molar-refractivity contribution is 0.217. The van der Waals surface area contributed by atoms with E-state index in [4.69, 9.17) is 0 Å². The average Bonchev–Trinajstić information content (AvgIpc) is 2.87. The second-order valence-electron chi connectivity index (χ2n) is 8.37. The maximum atomic E-state index is 2.41. The van der Waals surface area contributed by atoms with Crippen molar-refractivity contribution in [3.8, 4) is 0 Å². The van der Waals surface area contributed by atoms with Crippen molar-refractivity contribution in [2.24, 2.45) is 5.92 Å². The Morgan fingerprint density at radius 1 is 0.853 bits per heavy atom. The van der Waals surface area contributed by atoms with Crippen molar-refractivity contribution >= 4 is 6.08 Å². The molecular formula is C32H50N2. The summed E-state index contributed by atoms with van der Waals surface area (Å²) in [6, 6.07) is 19.7. The fourth-order valence-corrected chi connectivity index (χ4v) is 3.44. The highest BCUT2D eigenvalue weighted by atomic mass is 15.1. The van der Waals surface area contributed by atoms with Crippen molar-refractivity contribution in [3.05, 3.63) is 102 Å². The Balaban J connectivity index is 0.000000633. The number of allylic oxidation sites excluding steroid dienone is 3. The first-order valence-electron chi connectivity index (χ1n) is 12.9. The molecule has 0 saturated heterocycles. The van der Waals surface area contributed by atoms with E-state index in [0.29, 0.717) is 12.0 Å². The first kappa shape index (κ1) is 31.6. The van der Waals surface area contributed by atoms with Crippen molar-refractivity contribution in [3.63, 3.8) is 0 Å². The fraction of sp³-hybridized carbons (Fsp3) is 0.438. The quantitative estimate of drug-likeness (QED) is 0.327. The molecule has 0 saturated carbocycles. The zero-order valence-electron chi connectivity index (χ0n) is 23.3. The summed E-state index contributed by atoms with van der Waals surface area (Å²) in [7, 11) is 4.32. The minimum atomic E-state index is 0.437. The third-order valence-corrected chi connectivity index (χ3v) is 5.68. The summed E-state index contributed by atoms with van der Waals surface area (Å²) in [5.74, 6) is 0.490. The lowest BCUT2D eigenvalue weighted by atomic mass is 9.92. The van der Waals surface area contributed by atoms with E-state index < -0.39 is 0 Å². The van der Waals surface area contributed by atoms with Gasteiger partial charge < -0.3 is 4.90 Å². The molecule has 2 heteroatoms. The summed E-state index contributed by atoms with van der Waals surface area (Å²) in [6.45, 7) is 18.0. The van der Waals surface area contributed by atoms with Crippen LogP contribution in [-0.4, -0.2) is 43.5 Å². The predicted molar refractivity (Wildman–Crippen MR) is 155 cm³/mol. The van der Waals surface area contributed by atoms with Gasteiger partial charge in [0.05, 0.1) is 0 Å². The topological polar surface area (TPSA) is 6.48 Å². The summed E-state index contributed by atoms with van der Waals surface area (Å²) >= 11 is 0. The zero-order chi connectivity index (χ0) is 25.8. The zero-order valence-corrected chi connectivity index (χ0v) is 23.3. The number of hydrogen-bond donors (Lipinski definition) is 0. The molecule has 0 aliphatic heterocycles. The number of hydrogen-bond acceptors (Lipinski definition) is 2. The summed E-state index contributed by atoms with van der Waals surface area (Å²) in [5, 5.41) is 0. The minimum Gasteiger partial charge on any atom is -0.303 e. The Morgan fingerprint density at radius 2 is 1.47 bits per heavy atom. The highest BCUT2D eigenvalue weighted by Crippen LogP contribution is 2.28. The molecule has 0 aromatic heterocycles. The Labute approximate surface area is 211 Å². The molecule has 0 bridgehead atoms. The number of nitrogens with zero attached hydrogens (tertiary/aromatic N) is 2. The third-order valence-electron chi connectivity index (χ3n) is 5.68. The molecule has 0 fully saturated rings. The molecule has 2 rings (SSSR count). The van der Waals surface area contributed by atoms with Gasteiger partial charge in [0.15, 0.2) is 0 Å². The van der Waals surface area contributed by atoms with E-state index >= 15 is 0 Å². The van der Waals surface area contributed by atoms with Crippen LogP contribution in [0.2, 0.25) is 0 Å². The van der Waals surface area contributed by atoms with Gasteiger partial charge in [0.2, 0.25) is 0 Å². The minimum absolute atomic E-state index is 0.437. The van der Waals surface area contributed by atoms with E-state index in [9.17, 15) is 0 Å². The highest BCUT2D eigenvalue weighted by molar-refractivity contribution is 5.48. The van der Waals surface area contributed by atoms with Crippen molar-refractivity contribution in [1.82, 2.24) is 9.80 Å². The molecule has 0 spiro atoms. The number of likely N-dealkylation sites (N-methyl/N-ethyl adjacent to an activating group) is 1. The van der Waals surface area contributed by atoms with Crippen LogP contribution in [0.3, 0.4) is 0 Å². The maximum Gasteiger partial charge on any atom is 0.0405 e. The van der Waals surface area contributed by atoms with Crippen LogP contribution >= 0.6 is 0 Å².